The highest BCUT2D eigenvalue weighted by atomic mass is 32.2. The van der Waals surface area contributed by atoms with Crippen LogP contribution in [0, 0.1) is 13.8 Å². The summed E-state index contributed by atoms with van der Waals surface area (Å²) in [6.07, 6.45) is 3.56. The monoisotopic (exact) mass is 656 g/mol. The van der Waals surface area contributed by atoms with E-state index in [9.17, 15) is 0 Å². The Morgan fingerprint density at radius 1 is 0.565 bits per heavy atom. The standard InChI is InChI=1S/C34H36N6O4S2/c1-23-29(21-45-33-37-25-7-3-4-8-26(25)38-33)35-13-11-31(23)43-19-17-41-15-16-42-18-20-44-32-12-14-36-30(24(32)2)22-46-34-39-27-9-5-6-10-28(27)40-34/h3-14H,15-22H2,1-2H3,(H,37,38)(H,39,40). The molecule has 0 fully saturated rings. The number of para-hydroxylation sites is 4. The quantitative estimate of drug-likeness (QED) is 0.0791. The van der Waals surface area contributed by atoms with Crippen LogP contribution < -0.4 is 9.47 Å². The van der Waals surface area contributed by atoms with Crippen LogP contribution in [0.2, 0.25) is 0 Å². The van der Waals surface area contributed by atoms with Crippen molar-refractivity contribution in [3.8, 4) is 11.5 Å². The molecule has 2 aromatic carbocycles. The first kappa shape index (κ1) is 31.9. The maximum absolute atomic E-state index is 5.98. The number of H-pyrrole nitrogens is 2. The largest absolute Gasteiger partial charge is 0.491 e. The molecule has 46 heavy (non-hydrogen) atoms. The number of pyridine rings is 2. The molecule has 2 N–H and O–H groups in total. The maximum Gasteiger partial charge on any atom is 0.166 e. The van der Waals surface area contributed by atoms with Crippen molar-refractivity contribution < 1.29 is 18.9 Å². The van der Waals surface area contributed by atoms with Gasteiger partial charge in [-0.25, -0.2) is 9.97 Å². The summed E-state index contributed by atoms with van der Waals surface area (Å²) in [7, 11) is 0. The number of nitrogens with zero attached hydrogens (tertiary/aromatic N) is 4. The van der Waals surface area contributed by atoms with Gasteiger partial charge in [0.15, 0.2) is 10.3 Å². The minimum Gasteiger partial charge on any atom is -0.491 e. The highest BCUT2D eigenvalue weighted by Gasteiger charge is 2.11. The number of aromatic nitrogens is 6. The number of hydrogen-bond donors (Lipinski definition) is 2. The Labute approximate surface area is 276 Å². The summed E-state index contributed by atoms with van der Waals surface area (Å²) in [5.41, 5.74) is 7.98. The molecule has 0 saturated carbocycles. The smallest absolute Gasteiger partial charge is 0.166 e. The molecule has 6 aromatic rings. The van der Waals surface area contributed by atoms with Crippen molar-refractivity contribution in [2.75, 3.05) is 39.6 Å². The second-order valence-electron chi connectivity index (χ2n) is 10.4. The summed E-state index contributed by atoms with van der Waals surface area (Å²) < 4.78 is 23.4. The Hall–Kier alpha value is -4.10. The summed E-state index contributed by atoms with van der Waals surface area (Å²) in [6, 6.07) is 19.8. The summed E-state index contributed by atoms with van der Waals surface area (Å²) in [5.74, 6) is 3.03. The van der Waals surface area contributed by atoms with E-state index in [1.54, 1.807) is 35.9 Å². The molecule has 0 aliphatic rings. The zero-order chi connectivity index (χ0) is 31.6. The molecule has 4 heterocycles. The number of hydrogen-bond acceptors (Lipinski definition) is 10. The van der Waals surface area contributed by atoms with E-state index >= 15 is 0 Å². The molecule has 0 unspecified atom stereocenters. The van der Waals surface area contributed by atoms with Crippen LogP contribution in [-0.2, 0) is 21.0 Å². The molecule has 0 atom stereocenters. The van der Waals surface area contributed by atoms with E-state index in [1.807, 2.05) is 74.5 Å². The van der Waals surface area contributed by atoms with Crippen LogP contribution >= 0.6 is 23.5 Å². The van der Waals surface area contributed by atoms with Crippen molar-refractivity contribution in [2.24, 2.45) is 0 Å². The molecular formula is C34H36N6O4S2. The van der Waals surface area contributed by atoms with E-state index in [1.165, 1.54) is 0 Å². The first-order valence-electron chi connectivity index (χ1n) is 15.1. The predicted molar refractivity (Wildman–Crippen MR) is 182 cm³/mol. The molecule has 238 valence electrons. The lowest BCUT2D eigenvalue weighted by molar-refractivity contribution is 0.0272. The molecule has 0 aliphatic heterocycles. The zero-order valence-electron chi connectivity index (χ0n) is 25.8. The van der Waals surface area contributed by atoms with Gasteiger partial charge in [-0.3, -0.25) is 9.97 Å². The van der Waals surface area contributed by atoms with Crippen LogP contribution in [0.1, 0.15) is 22.5 Å². The van der Waals surface area contributed by atoms with Crippen LogP contribution in [0.25, 0.3) is 22.1 Å². The van der Waals surface area contributed by atoms with E-state index in [0.29, 0.717) is 51.1 Å². The van der Waals surface area contributed by atoms with Gasteiger partial charge in [-0.15, -0.1) is 0 Å². The molecule has 12 heteroatoms. The SMILES string of the molecule is Cc1c(OCCOCCOCCOc2ccnc(CSc3nc4ccccc4[nH]3)c2C)ccnc1CSc1nc2ccccc2[nH]1. The summed E-state index contributed by atoms with van der Waals surface area (Å²) >= 11 is 3.25. The Morgan fingerprint density at radius 3 is 1.46 bits per heavy atom. The first-order valence-corrected chi connectivity index (χ1v) is 17.1. The number of aromatic amines is 2. The number of fused-ring (bicyclic) bond motifs is 2. The van der Waals surface area contributed by atoms with Gasteiger partial charge in [0.2, 0.25) is 0 Å². The number of ether oxygens (including phenoxy) is 4. The van der Waals surface area contributed by atoms with Gasteiger partial charge < -0.3 is 28.9 Å². The molecule has 0 spiro atoms. The van der Waals surface area contributed by atoms with Crippen LogP contribution in [0.5, 0.6) is 11.5 Å². The third-order valence-corrected chi connectivity index (χ3v) is 9.06. The highest BCUT2D eigenvalue weighted by molar-refractivity contribution is 7.98. The van der Waals surface area contributed by atoms with Crippen molar-refractivity contribution >= 4 is 45.6 Å². The summed E-state index contributed by atoms with van der Waals surface area (Å²) in [5, 5.41) is 1.76. The minimum atomic E-state index is 0.447. The van der Waals surface area contributed by atoms with Gasteiger partial charge in [0.05, 0.1) is 59.9 Å². The molecule has 0 amide bonds. The lowest BCUT2D eigenvalue weighted by atomic mass is 10.2. The van der Waals surface area contributed by atoms with Gasteiger partial charge in [-0.05, 0) is 50.2 Å². The Balaban J connectivity index is 0.840. The van der Waals surface area contributed by atoms with E-state index in [0.717, 1.165) is 66.4 Å². The number of imidazole rings is 2. The fraction of sp³-hybridized carbons (Fsp3) is 0.294. The molecule has 0 saturated heterocycles. The first-order chi connectivity index (χ1) is 22.6. The molecule has 0 aliphatic carbocycles. The lowest BCUT2D eigenvalue weighted by Gasteiger charge is -2.13. The lowest BCUT2D eigenvalue weighted by Crippen LogP contribution is -2.14. The number of nitrogens with one attached hydrogen (secondary N) is 2. The zero-order valence-corrected chi connectivity index (χ0v) is 27.5. The maximum atomic E-state index is 5.98. The molecule has 0 radical (unpaired) electrons. The van der Waals surface area contributed by atoms with Crippen LogP contribution in [-0.4, -0.2) is 69.5 Å². The van der Waals surface area contributed by atoms with Crippen molar-refractivity contribution in [2.45, 2.75) is 35.7 Å². The third-order valence-electron chi connectivity index (χ3n) is 7.29. The van der Waals surface area contributed by atoms with Gasteiger partial charge in [0.1, 0.15) is 24.7 Å². The molecule has 4 aromatic heterocycles. The third kappa shape index (κ3) is 8.38. The van der Waals surface area contributed by atoms with Crippen molar-refractivity contribution in [3.63, 3.8) is 0 Å². The molecule has 0 bridgehead atoms. The average molecular weight is 657 g/mol. The van der Waals surface area contributed by atoms with Gasteiger partial charge >= 0.3 is 0 Å². The Morgan fingerprint density at radius 2 is 1.00 bits per heavy atom. The van der Waals surface area contributed by atoms with E-state index < -0.39 is 0 Å². The fourth-order valence-corrected chi connectivity index (χ4v) is 6.55. The van der Waals surface area contributed by atoms with Gasteiger partial charge in [-0.2, -0.15) is 0 Å². The van der Waals surface area contributed by atoms with Crippen molar-refractivity contribution in [3.05, 3.63) is 95.6 Å². The van der Waals surface area contributed by atoms with Gasteiger partial charge in [-0.1, -0.05) is 47.8 Å². The Bertz CT molecular complexity index is 1680. The molecular weight excluding hydrogens is 621 g/mol. The second-order valence-corrected chi connectivity index (χ2v) is 12.3. The molecule has 6 rings (SSSR count). The minimum absolute atomic E-state index is 0.447. The number of rotatable bonds is 17. The normalized spacial score (nSPS) is 11.4. The van der Waals surface area contributed by atoms with Gasteiger partial charge in [0.25, 0.3) is 0 Å². The Kier molecular flexibility index (Phi) is 11.0. The van der Waals surface area contributed by atoms with Gasteiger partial charge in [0, 0.05) is 35.0 Å². The fourth-order valence-electron chi connectivity index (χ4n) is 4.73. The van der Waals surface area contributed by atoms with Crippen LogP contribution in [0.4, 0.5) is 0 Å². The summed E-state index contributed by atoms with van der Waals surface area (Å²) in [4.78, 5) is 25.1. The average Bonchev–Trinajstić information content (AvgIpc) is 3.69. The summed E-state index contributed by atoms with van der Waals surface area (Å²) in [6.45, 7) is 6.86. The van der Waals surface area contributed by atoms with Crippen molar-refractivity contribution in [1.29, 1.82) is 0 Å². The van der Waals surface area contributed by atoms with Crippen LogP contribution in [0.3, 0.4) is 0 Å². The van der Waals surface area contributed by atoms with Crippen LogP contribution in [0.15, 0.2) is 83.4 Å². The number of benzene rings is 2. The highest BCUT2D eigenvalue weighted by Crippen LogP contribution is 2.28. The predicted octanol–water partition coefficient (Wildman–Crippen LogP) is 6.92. The number of thioether (sulfide) groups is 2. The van der Waals surface area contributed by atoms with E-state index in [-0.39, 0.29) is 0 Å². The second kappa shape index (κ2) is 15.9. The molecule has 10 nitrogen and oxygen atoms in total. The van der Waals surface area contributed by atoms with E-state index in [4.69, 9.17) is 18.9 Å². The topological polar surface area (TPSA) is 120 Å². The van der Waals surface area contributed by atoms with Crippen molar-refractivity contribution in [1.82, 2.24) is 29.9 Å². The van der Waals surface area contributed by atoms with E-state index in [2.05, 4.69) is 29.9 Å².